The first kappa shape index (κ1) is 26.5. The number of carbonyl (C=O) groups is 2. The second-order valence-electron chi connectivity index (χ2n) is 8.45. The Hall–Kier alpha value is -3.56. The average molecular weight is 543 g/mol. The van der Waals surface area contributed by atoms with Crippen LogP contribution in [-0.4, -0.2) is 40.1 Å². The number of rotatable bonds is 10. The highest BCUT2D eigenvalue weighted by Crippen LogP contribution is 2.35. The van der Waals surface area contributed by atoms with Crippen LogP contribution in [0.1, 0.15) is 35.7 Å². The molecular formula is C27H27ClN2O6S. The summed E-state index contributed by atoms with van der Waals surface area (Å²) in [6.45, 7) is 2.40. The van der Waals surface area contributed by atoms with Crippen LogP contribution < -0.4 is 14.4 Å². The third kappa shape index (κ3) is 6.23. The molecule has 1 aliphatic heterocycles. The number of halogens is 1. The van der Waals surface area contributed by atoms with Crippen LogP contribution in [-0.2, 0) is 26.0 Å². The van der Waals surface area contributed by atoms with Crippen molar-refractivity contribution in [2.45, 2.75) is 31.1 Å². The van der Waals surface area contributed by atoms with Gasteiger partial charge in [0.1, 0.15) is 5.75 Å². The van der Waals surface area contributed by atoms with Crippen molar-refractivity contribution in [3.63, 3.8) is 0 Å². The Morgan fingerprint density at radius 1 is 1.05 bits per heavy atom. The van der Waals surface area contributed by atoms with Gasteiger partial charge in [0.05, 0.1) is 27.8 Å². The molecule has 0 aromatic heterocycles. The van der Waals surface area contributed by atoms with Gasteiger partial charge in [-0.05, 0) is 66.9 Å². The molecule has 3 aromatic carbocycles. The average Bonchev–Trinajstić information content (AvgIpc) is 3.33. The Balaban J connectivity index is 1.34. The Morgan fingerprint density at radius 2 is 1.81 bits per heavy atom. The number of hydrogen-bond donors (Lipinski definition) is 1. The van der Waals surface area contributed by atoms with Gasteiger partial charge in [-0.25, -0.2) is 13.2 Å². The van der Waals surface area contributed by atoms with E-state index in [1.807, 2.05) is 19.1 Å². The van der Waals surface area contributed by atoms with E-state index in [1.54, 1.807) is 36.4 Å². The minimum atomic E-state index is -3.80. The number of unbranched alkanes of at least 4 members (excludes halogenated alkanes) is 1. The van der Waals surface area contributed by atoms with Crippen LogP contribution in [0.25, 0.3) is 0 Å². The molecule has 3 aromatic rings. The molecule has 0 saturated heterocycles. The third-order valence-corrected chi connectivity index (χ3v) is 7.93. The number of ether oxygens (including phenoxy) is 2. The van der Waals surface area contributed by atoms with Crippen LogP contribution in [0.3, 0.4) is 0 Å². The number of carbonyl (C=O) groups excluding carboxylic acids is 2. The molecule has 10 heteroatoms. The summed E-state index contributed by atoms with van der Waals surface area (Å²) in [7, 11) is -3.80. The van der Waals surface area contributed by atoms with Gasteiger partial charge in [-0.1, -0.05) is 43.1 Å². The number of para-hydroxylation sites is 1. The largest absolute Gasteiger partial charge is 0.482 e. The van der Waals surface area contributed by atoms with Gasteiger partial charge in [-0.15, -0.1) is 0 Å². The number of anilines is 2. The molecule has 4 rings (SSSR count). The van der Waals surface area contributed by atoms with Gasteiger partial charge in [-0.3, -0.25) is 9.10 Å². The quantitative estimate of drug-likeness (QED) is 0.283. The van der Waals surface area contributed by atoms with Crippen LogP contribution in [0.5, 0.6) is 5.75 Å². The Bertz CT molecular complexity index is 1390. The number of nitrogens with one attached hydrogen (secondary N) is 1. The summed E-state index contributed by atoms with van der Waals surface area (Å²) < 4.78 is 38.4. The molecule has 0 aliphatic carbocycles. The zero-order valence-corrected chi connectivity index (χ0v) is 21.8. The fraction of sp³-hybridized carbons (Fsp3) is 0.259. The summed E-state index contributed by atoms with van der Waals surface area (Å²) in [5.74, 6) is -0.675. The Kier molecular flexibility index (Phi) is 8.35. The molecule has 1 heterocycles. The highest BCUT2D eigenvalue weighted by molar-refractivity contribution is 7.92. The van der Waals surface area contributed by atoms with E-state index in [-0.39, 0.29) is 22.3 Å². The summed E-state index contributed by atoms with van der Waals surface area (Å²) in [6.07, 6.45) is 2.38. The number of benzene rings is 3. The van der Waals surface area contributed by atoms with Crippen LogP contribution in [0.4, 0.5) is 11.4 Å². The molecule has 1 N–H and O–H groups in total. The molecule has 1 aliphatic rings. The first-order valence-electron chi connectivity index (χ1n) is 11.9. The highest BCUT2D eigenvalue weighted by Gasteiger charge is 2.31. The molecule has 194 valence electrons. The maximum atomic E-state index is 13.2. The second kappa shape index (κ2) is 11.7. The smallest absolute Gasteiger partial charge is 0.338 e. The third-order valence-electron chi connectivity index (χ3n) is 5.83. The molecule has 0 spiro atoms. The molecule has 1 amide bonds. The van der Waals surface area contributed by atoms with Gasteiger partial charge in [0.2, 0.25) is 0 Å². The fourth-order valence-corrected chi connectivity index (χ4v) is 5.70. The zero-order chi connectivity index (χ0) is 26.4. The van der Waals surface area contributed by atoms with Crippen molar-refractivity contribution in [2.24, 2.45) is 0 Å². The molecule has 0 radical (unpaired) electrons. The highest BCUT2D eigenvalue weighted by atomic mass is 35.5. The van der Waals surface area contributed by atoms with E-state index in [1.165, 1.54) is 22.5 Å². The number of esters is 1. The van der Waals surface area contributed by atoms with Crippen molar-refractivity contribution in [3.8, 4) is 5.75 Å². The number of fused-ring (bicyclic) bond motifs is 1. The minimum Gasteiger partial charge on any atom is -0.482 e. The lowest BCUT2D eigenvalue weighted by molar-refractivity contribution is -0.118. The number of sulfonamides is 1. The van der Waals surface area contributed by atoms with E-state index in [2.05, 4.69) is 5.32 Å². The van der Waals surface area contributed by atoms with Crippen molar-refractivity contribution in [2.75, 3.05) is 29.4 Å². The monoisotopic (exact) mass is 542 g/mol. The van der Waals surface area contributed by atoms with Crippen LogP contribution in [0.2, 0.25) is 5.02 Å². The molecule has 0 unspecified atom stereocenters. The van der Waals surface area contributed by atoms with Crippen LogP contribution in [0, 0.1) is 0 Å². The molecule has 0 saturated carbocycles. The lowest BCUT2D eigenvalue weighted by atomic mass is 10.2. The SMILES string of the molecule is CCCCOC(=O)c1ccc(NC(=O)COc2ccc(S(=O)(=O)N3CCc4ccccc43)cc2Cl)cc1. The number of hydrogen-bond acceptors (Lipinski definition) is 6. The van der Waals surface area contributed by atoms with Crippen molar-refractivity contribution in [1.82, 2.24) is 0 Å². The maximum Gasteiger partial charge on any atom is 0.338 e. The summed E-state index contributed by atoms with van der Waals surface area (Å²) in [5.41, 5.74) is 2.52. The number of amides is 1. The molecule has 8 nitrogen and oxygen atoms in total. The van der Waals surface area contributed by atoms with Gasteiger partial charge in [0.15, 0.2) is 6.61 Å². The normalized spacial score (nSPS) is 12.6. The summed E-state index contributed by atoms with van der Waals surface area (Å²) >= 11 is 6.30. The maximum absolute atomic E-state index is 13.2. The summed E-state index contributed by atoms with van der Waals surface area (Å²) in [4.78, 5) is 24.4. The lowest BCUT2D eigenvalue weighted by Gasteiger charge is -2.20. The van der Waals surface area contributed by atoms with Crippen molar-refractivity contribution >= 4 is 44.9 Å². The second-order valence-corrected chi connectivity index (χ2v) is 10.7. The first-order chi connectivity index (χ1) is 17.8. The van der Waals surface area contributed by atoms with Gasteiger partial charge in [-0.2, -0.15) is 0 Å². The molecule has 37 heavy (non-hydrogen) atoms. The molecule has 0 bridgehead atoms. The van der Waals surface area contributed by atoms with Gasteiger partial charge in [0, 0.05) is 12.2 Å². The fourth-order valence-electron chi connectivity index (χ4n) is 3.87. The standard InChI is InChI=1S/C27H27ClN2O6S/c1-2-3-16-35-27(32)20-8-10-21(11-9-20)29-26(31)18-36-25-13-12-22(17-23(25)28)37(33,34)30-15-14-19-6-4-5-7-24(19)30/h4-13,17H,2-3,14-16,18H2,1H3,(H,29,31). The van der Waals surface area contributed by atoms with Gasteiger partial charge in [0.25, 0.3) is 15.9 Å². The van der Waals surface area contributed by atoms with Crippen molar-refractivity contribution in [1.29, 1.82) is 0 Å². The van der Waals surface area contributed by atoms with Gasteiger partial charge >= 0.3 is 5.97 Å². The Morgan fingerprint density at radius 3 is 2.54 bits per heavy atom. The molecule has 0 fully saturated rings. The predicted octanol–water partition coefficient (Wildman–Crippen LogP) is 5.07. The van der Waals surface area contributed by atoms with Crippen molar-refractivity contribution in [3.05, 3.63) is 82.9 Å². The minimum absolute atomic E-state index is 0.0410. The van der Waals surface area contributed by atoms with Crippen molar-refractivity contribution < 1.29 is 27.5 Å². The topological polar surface area (TPSA) is 102 Å². The van der Waals surface area contributed by atoms with Crippen LogP contribution in [0.15, 0.2) is 71.6 Å². The van der Waals surface area contributed by atoms with Gasteiger partial charge < -0.3 is 14.8 Å². The van der Waals surface area contributed by atoms with E-state index in [0.717, 1.165) is 18.4 Å². The van der Waals surface area contributed by atoms with E-state index in [0.29, 0.717) is 36.5 Å². The van der Waals surface area contributed by atoms with E-state index < -0.39 is 21.9 Å². The Labute approximate surface area is 221 Å². The summed E-state index contributed by atoms with van der Waals surface area (Å²) in [5, 5.41) is 2.75. The zero-order valence-electron chi connectivity index (χ0n) is 20.3. The van der Waals surface area contributed by atoms with E-state index >= 15 is 0 Å². The number of nitrogens with zero attached hydrogens (tertiary/aromatic N) is 1. The molecule has 0 atom stereocenters. The molecular weight excluding hydrogens is 516 g/mol. The van der Waals surface area contributed by atoms with E-state index in [9.17, 15) is 18.0 Å². The summed E-state index contributed by atoms with van der Waals surface area (Å²) in [6, 6.07) is 17.9. The van der Waals surface area contributed by atoms with E-state index in [4.69, 9.17) is 21.1 Å². The predicted molar refractivity (Wildman–Crippen MR) is 142 cm³/mol. The first-order valence-corrected chi connectivity index (χ1v) is 13.7. The van der Waals surface area contributed by atoms with Crippen LogP contribution >= 0.6 is 11.6 Å². The lowest BCUT2D eigenvalue weighted by Crippen LogP contribution is -2.29.